The van der Waals surface area contributed by atoms with Gasteiger partial charge in [0, 0.05) is 62.9 Å². The van der Waals surface area contributed by atoms with E-state index < -0.39 is 15.8 Å². The fourth-order valence-corrected chi connectivity index (χ4v) is 5.94. The number of rotatable bonds is 14. The summed E-state index contributed by atoms with van der Waals surface area (Å²) in [7, 11) is -3.20. The van der Waals surface area contributed by atoms with Crippen LogP contribution < -0.4 is 0 Å². The molecule has 42 heavy (non-hydrogen) atoms. The van der Waals surface area contributed by atoms with E-state index in [1.807, 2.05) is 23.1 Å². The zero-order valence-electron chi connectivity index (χ0n) is 25.4. The number of amides is 2. The van der Waals surface area contributed by atoms with E-state index >= 15 is 0 Å². The highest BCUT2D eigenvalue weighted by atomic mass is 32.2. The fourth-order valence-electron chi connectivity index (χ4n) is 5.31. The van der Waals surface area contributed by atoms with Crippen molar-refractivity contribution in [2.45, 2.75) is 70.4 Å². The van der Waals surface area contributed by atoms with Crippen LogP contribution in [0.25, 0.3) is 0 Å². The molecule has 1 unspecified atom stereocenters. The summed E-state index contributed by atoms with van der Waals surface area (Å²) < 4.78 is 28.6. The van der Waals surface area contributed by atoms with Gasteiger partial charge < -0.3 is 19.4 Å². The van der Waals surface area contributed by atoms with Gasteiger partial charge in [-0.1, -0.05) is 37.3 Å². The Morgan fingerprint density at radius 2 is 1.71 bits per heavy atom. The van der Waals surface area contributed by atoms with Crippen LogP contribution in [0.5, 0.6) is 0 Å². The van der Waals surface area contributed by atoms with Crippen molar-refractivity contribution >= 4 is 27.6 Å². The molecule has 1 fully saturated rings. The van der Waals surface area contributed by atoms with Gasteiger partial charge in [0.25, 0.3) is 5.91 Å². The van der Waals surface area contributed by atoms with E-state index in [1.54, 1.807) is 35.2 Å². The molecule has 0 aromatic heterocycles. The van der Waals surface area contributed by atoms with Crippen LogP contribution in [0.4, 0.5) is 0 Å². The van der Waals surface area contributed by atoms with E-state index in [-0.39, 0.29) is 24.8 Å². The number of carbonyl (C=O) groups excluding carboxylic acids is 3. The Bertz CT molecular complexity index is 1310. The lowest BCUT2D eigenvalue weighted by molar-refractivity contribution is -0.142. The SMILES string of the molecule is CCCN(CCCCN1CCN(C(=O)c2ccccc2COC(C)=O)CCC1=O)C(C)Cc1ccc(S(C)(=O)=O)cc1. The molecule has 3 rings (SSSR count). The summed E-state index contributed by atoms with van der Waals surface area (Å²) in [6, 6.07) is 14.6. The predicted octanol–water partition coefficient (Wildman–Crippen LogP) is 3.95. The minimum atomic E-state index is -3.20. The number of hydrogen-bond donors (Lipinski definition) is 0. The lowest BCUT2D eigenvalue weighted by atomic mass is 10.1. The van der Waals surface area contributed by atoms with E-state index in [0.29, 0.717) is 48.2 Å². The molecule has 1 heterocycles. The fraction of sp³-hybridized carbons (Fsp3) is 0.531. The topological polar surface area (TPSA) is 104 Å². The van der Waals surface area contributed by atoms with Crippen LogP contribution in [0.1, 0.15) is 67.9 Å². The van der Waals surface area contributed by atoms with Crippen LogP contribution in [0.15, 0.2) is 53.4 Å². The molecule has 1 saturated heterocycles. The second-order valence-corrected chi connectivity index (χ2v) is 13.1. The Hall–Kier alpha value is -3.24. The van der Waals surface area contributed by atoms with Crippen molar-refractivity contribution in [3.8, 4) is 0 Å². The molecule has 0 N–H and O–H groups in total. The Morgan fingerprint density at radius 3 is 2.38 bits per heavy atom. The number of esters is 1. The van der Waals surface area contributed by atoms with E-state index in [2.05, 4.69) is 18.7 Å². The van der Waals surface area contributed by atoms with Gasteiger partial charge in [-0.3, -0.25) is 14.4 Å². The standard InChI is InChI=1S/C32H45N3O6S/c1-5-17-33(25(2)23-27-12-14-29(15-13-27)42(4,39)40)18-8-9-19-34-21-22-35(20-16-31(34)37)32(38)30-11-7-6-10-28(30)24-41-26(3)36/h6-7,10-15,25H,5,8-9,16-24H2,1-4H3. The third-order valence-corrected chi connectivity index (χ3v) is 8.82. The van der Waals surface area contributed by atoms with Gasteiger partial charge in [-0.25, -0.2) is 8.42 Å². The molecule has 0 radical (unpaired) electrons. The van der Waals surface area contributed by atoms with Gasteiger partial charge in [0.1, 0.15) is 6.61 Å². The highest BCUT2D eigenvalue weighted by Crippen LogP contribution is 2.17. The van der Waals surface area contributed by atoms with Crippen molar-refractivity contribution in [2.75, 3.05) is 45.5 Å². The van der Waals surface area contributed by atoms with Crippen LogP contribution in [-0.2, 0) is 37.2 Å². The monoisotopic (exact) mass is 599 g/mol. The van der Waals surface area contributed by atoms with Crippen LogP contribution >= 0.6 is 0 Å². The molecule has 0 bridgehead atoms. The summed E-state index contributed by atoms with van der Waals surface area (Å²) in [6.45, 7) is 9.62. The Balaban J connectivity index is 1.49. The maximum atomic E-state index is 13.3. The van der Waals surface area contributed by atoms with E-state index in [4.69, 9.17) is 4.74 Å². The first-order valence-corrected chi connectivity index (χ1v) is 16.7. The zero-order chi connectivity index (χ0) is 30.7. The maximum absolute atomic E-state index is 13.3. The smallest absolute Gasteiger partial charge is 0.302 e. The molecular formula is C32H45N3O6S. The summed E-state index contributed by atoms with van der Waals surface area (Å²) in [5.41, 5.74) is 2.26. The molecule has 1 aliphatic heterocycles. The minimum Gasteiger partial charge on any atom is -0.461 e. The van der Waals surface area contributed by atoms with Crippen LogP contribution in [0.3, 0.4) is 0 Å². The van der Waals surface area contributed by atoms with E-state index in [9.17, 15) is 22.8 Å². The summed E-state index contributed by atoms with van der Waals surface area (Å²) in [4.78, 5) is 43.8. The van der Waals surface area contributed by atoms with Crippen molar-refractivity contribution in [2.24, 2.45) is 0 Å². The molecule has 1 atom stereocenters. The number of unbranched alkanes of at least 4 members (excludes halogenated alkanes) is 1. The molecule has 230 valence electrons. The van der Waals surface area contributed by atoms with Crippen molar-refractivity contribution in [1.82, 2.24) is 14.7 Å². The Morgan fingerprint density at radius 1 is 1.00 bits per heavy atom. The van der Waals surface area contributed by atoms with Gasteiger partial charge in [-0.2, -0.15) is 0 Å². The summed E-state index contributed by atoms with van der Waals surface area (Å²) in [5, 5.41) is 0. The number of sulfone groups is 1. The first kappa shape index (κ1) is 33.3. The summed E-state index contributed by atoms with van der Waals surface area (Å²) in [6.07, 6.45) is 5.21. The normalized spacial score (nSPS) is 15.0. The molecule has 10 heteroatoms. The third kappa shape index (κ3) is 9.94. The van der Waals surface area contributed by atoms with Gasteiger partial charge in [0.05, 0.1) is 4.90 Å². The second kappa shape index (κ2) is 15.8. The average molecular weight is 600 g/mol. The zero-order valence-corrected chi connectivity index (χ0v) is 26.2. The van der Waals surface area contributed by atoms with Crippen LogP contribution in [-0.4, -0.2) is 92.5 Å². The van der Waals surface area contributed by atoms with Gasteiger partial charge in [0.2, 0.25) is 5.91 Å². The average Bonchev–Trinajstić information content (AvgIpc) is 3.14. The number of benzene rings is 2. The molecule has 0 aliphatic carbocycles. The van der Waals surface area contributed by atoms with Crippen molar-refractivity contribution in [3.63, 3.8) is 0 Å². The van der Waals surface area contributed by atoms with E-state index in [1.165, 1.54) is 13.2 Å². The summed E-state index contributed by atoms with van der Waals surface area (Å²) in [5.74, 6) is -0.487. The third-order valence-electron chi connectivity index (χ3n) is 7.69. The first-order chi connectivity index (χ1) is 20.0. The van der Waals surface area contributed by atoms with Crippen LogP contribution in [0.2, 0.25) is 0 Å². The van der Waals surface area contributed by atoms with Gasteiger partial charge >= 0.3 is 5.97 Å². The molecule has 2 amide bonds. The van der Waals surface area contributed by atoms with Gasteiger partial charge in [0.15, 0.2) is 9.84 Å². The maximum Gasteiger partial charge on any atom is 0.302 e. The number of nitrogens with zero attached hydrogens (tertiary/aromatic N) is 3. The largest absolute Gasteiger partial charge is 0.461 e. The number of carbonyl (C=O) groups is 3. The lowest BCUT2D eigenvalue weighted by Gasteiger charge is -2.29. The molecule has 9 nitrogen and oxygen atoms in total. The molecule has 0 spiro atoms. The lowest BCUT2D eigenvalue weighted by Crippen LogP contribution is -2.38. The summed E-state index contributed by atoms with van der Waals surface area (Å²) >= 11 is 0. The van der Waals surface area contributed by atoms with Crippen molar-refractivity contribution in [3.05, 3.63) is 65.2 Å². The first-order valence-electron chi connectivity index (χ1n) is 14.8. The quantitative estimate of drug-likeness (QED) is 0.239. The van der Waals surface area contributed by atoms with Gasteiger partial charge in [-0.05, 0) is 69.5 Å². The van der Waals surface area contributed by atoms with E-state index in [0.717, 1.165) is 44.3 Å². The Labute approximate surface area is 250 Å². The number of ether oxygens (including phenoxy) is 1. The highest BCUT2D eigenvalue weighted by molar-refractivity contribution is 7.90. The molecule has 1 aliphatic rings. The predicted molar refractivity (Wildman–Crippen MR) is 163 cm³/mol. The minimum absolute atomic E-state index is 0.0409. The molecular weight excluding hydrogens is 554 g/mol. The van der Waals surface area contributed by atoms with Gasteiger partial charge in [-0.15, -0.1) is 0 Å². The Kier molecular flexibility index (Phi) is 12.5. The van der Waals surface area contributed by atoms with Crippen molar-refractivity contribution in [1.29, 1.82) is 0 Å². The highest BCUT2D eigenvalue weighted by Gasteiger charge is 2.26. The molecule has 2 aromatic rings. The number of hydrogen-bond acceptors (Lipinski definition) is 7. The molecule has 0 saturated carbocycles. The molecule has 2 aromatic carbocycles. The second-order valence-electron chi connectivity index (χ2n) is 11.1. The van der Waals surface area contributed by atoms with Crippen molar-refractivity contribution < 1.29 is 27.5 Å². The van der Waals surface area contributed by atoms with Crippen LogP contribution in [0, 0.1) is 0 Å².